The fourth-order valence-electron chi connectivity index (χ4n) is 1.52. The molecule has 1 aromatic rings. The van der Waals surface area contributed by atoms with Gasteiger partial charge in [-0.1, -0.05) is 37.1 Å². The van der Waals surface area contributed by atoms with Crippen LogP contribution in [-0.4, -0.2) is 16.0 Å². The van der Waals surface area contributed by atoms with Gasteiger partial charge in [-0.3, -0.25) is 4.21 Å². The van der Waals surface area contributed by atoms with Gasteiger partial charge in [0.15, 0.2) is 0 Å². The van der Waals surface area contributed by atoms with Crippen LogP contribution in [0.1, 0.15) is 25.3 Å². The Morgan fingerprint density at radius 2 is 2.00 bits per heavy atom. The Kier molecular flexibility index (Phi) is 6.03. The fourth-order valence-corrected chi connectivity index (χ4v) is 2.97. The molecule has 2 nitrogen and oxygen atoms in total. The van der Waals surface area contributed by atoms with E-state index in [-0.39, 0.29) is 6.04 Å². The van der Waals surface area contributed by atoms with E-state index in [1.165, 1.54) is 0 Å². The van der Waals surface area contributed by atoms with Gasteiger partial charge in [0.25, 0.3) is 0 Å². The maximum atomic E-state index is 11.8. The predicted octanol–water partition coefficient (Wildman–Crippen LogP) is 2.72. The van der Waals surface area contributed by atoms with Crippen molar-refractivity contribution in [1.82, 2.24) is 0 Å². The van der Waals surface area contributed by atoms with Crippen LogP contribution in [0.4, 0.5) is 0 Å². The first-order valence-corrected chi connectivity index (χ1v) is 7.33. The summed E-state index contributed by atoms with van der Waals surface area (Å²) in [6.07, 6.45) is 1.98. The lowest BCUT2D eigenvalue weighted by Crippen LogP contribution is -2.27. The molecule has 0 fully saturated rings. The van der Waals surface area contributed by atoms with E-state index >= 15 is 0 Å². The average Bonchev–Trinajstić information content (AvgIpc) is 2.21. The second-order valence-corrected chi connectivity index (χ2v) is 5.86. The molecule has 0 saturated carbocycles. The van der Waals surface area contributed by atoms with Crippen LogP contribution < -0.4 is 5.73 Å². The molecular formula is C12H18ClNOS. The Labute approximate surface area is 105 Å². The van der Waals surface area contributed by atoms with Gasteiger partial charge in [0.1, 0.15) is 0 Å². The average molecular weight is 260 g/mol. The number of rotatable bonds is 6. The van der Waals surface area contributed by atoms with Gasteiger partial charge in [-0.2, -0.15) is 0 Å². The highest BCUT2D eigenvalue weighted by Gasteiger charge is 2.07. The zero-order chi connectivity index (χ0) is 12.0. The van der Waals surface area contributed by atoms with E-state index in [0.29, 0.717) is 16.5 Å². The van der Waals surface area contributed by atoms with E-state index in [0.717, 1.165) is 18.4 Å². The third kappa shape index (κ3) is 5.10. The van der Waals surface area contributed by atoms with Crippen molar-refractivity contribution in [2.45, 2.75) is 31.6 Å². The molecule has 0 saturated heterocycles. The summed E-state index contributed by atoms with van der Waals surface area (Å²) in [5.41, 5.74) is 6.90. The van der Waals surface area contributed by atoms with Crippen LogP contribution in [0.5, 0.6) is 0 Å². The molecule has 0 bridgehead atoms. The SMILES string of the molecule is CCCC(N)CS(=O)Cc1ccc(Cl)cc1. The topological polar surface area (TPSA) is 43.1 Å². The third-order valence-electron chi connectivity index (χ3n) is 2.30. The van der Waals surface area contributed by atoms with Crippen molar-refractivity contribution >= 4 is 22.4 Å². The molecule has 1 aromatic carbocycles. The zero-order valence-corrected chi connectivity index (χ0v) is 11.1. The quantitative estimate of drug-likeness (QED) is 0.854. The van der Waals surface area contributed by atoms with Gasteiger partial charge in [0, 0.05) is 33.4 Å². The minimum Gasteiger partial charge on any atom is -0.327 e. The normalized spacial score (nSPS) is 14.7. The number of halogens is 1. The van der Waals surface area contributed by atoms with Gasteiger partial charge in [0.05, 0.1) is 0 Å². The lowest BCUT2D eigenvalue weighted by atomic mass is 10.2. The molecule has 0 aliphatic heterocycles. The van der Waals surface area contributed by atoms with E-state index in [2.05, 4.69) is 6.92 Å². The van der Waals surface area contributed by atoms with Gasteiger partial charge in [-0.05, 0) is 24.1 Å². The minimum absolute atomic E-state index is 0.0538. The summed E-state index contributed by atoms with van der Waals surface area (Å²) in [4.78, 5) is 0. The molecule has 4 heteroatoms. The van der Waals surface area contributed by atoms with Gasteiger partial charge < -0.3 is 5.73 Å². The summed E-state index contributed by atoms with van der Waals surface area (Å²) in [5.74, 6) is 1.14. The summed E-state index contributed by atoms with van der Waals surface area (Å²) >= 11 is 5.78. The van der Waals surface area contributed by atoms with Crippen LogP contribution in [-0.2, 0) is 16.6 Å². The van der Waals surface area contributed by atoms with Crippen molar-refractivity contribution in [3.8, 4) is 0 Å². The molecule has 0 radical (unpaired) electrons. The van der Waals surface area contributed by atoms with Crippen LogP contribution in [0, 0.1) is 0 Å². The molecule has 90 valence electrons. The van der Waals surface area contributed by atoms with Gasteiger partial charge >= 0.3 is 0 Å². The minimum atomic E-state index is -0.877. The van der Waals surface area contributed by atoms with Crippen LogP contribution in [0.3, 0.4) is 0 Å². The van der Waals surface area contributed by atoms with Crippen molar-refractivity contribution in [3.05, 3.63) is 34.9 Å². The lowest BCUT2D eigenvalue weighted by molar-refractivity contribution is 0.637. The van der Waals surface area contributed by atoms with E-state index in [4.69, 9.17) is 17.3 Å². The van der Waals surface area contributed by atoms with Crippen molar-refractivity contribution in [3.63, 3.8) is 0 Å². The Balaban J connectivity index is 2.42. The highest BCUT2D eigenvalue weighted by Crippen LogP contribution is 2.11. The second-order valence-electron chi connectivity index (χ2n) is 3.93. The van der Waals surface area contributed by atoms with Gasteiger partial charge in [-0.15, -0.1) is 0 Å². The molecule has 2 N–H and O–H groups in total. The maximum absolute atomic E-state index is 11.8. The molecule has 0 aliphatic carbocycles. The van der Waals surface area contributed by atoms with E-state index in [1.54, 1.807) is 0 Å². The molecule has 1 rings (SSSR count). The summed E-state index contributed by atoms with van der Waals surface area (Å²) in [6, 6.07) is 7.51. The summed E-state index contributed by atoms with van der Waals surface area (Å²) in [7, 11) is -0.877. The monoisotopic (exact) mass is 259 g/mol. The van der Waals surface area contributed by atoms with Crippen molar-refractivity contribution < 1.29 is 4.21 Å². The van der Waals surface area contributed by atoms with Gasteiger partial charge in [-0.25, -0.2) is 0 Å². The van der Waals surface area contributed by atoms with Crippen LogP contribution in [0.25, 0.3) is 0 Å². The summed E-state index contributed by atoms with van der Waals surface area (Å²) in [5, 5.41) is 0.706. The molecular weight excluding hydrogens is 242 g/mol. The van der Waals surface area contributed by atoms with Crippen LogP contribution in [0.15, 0.2) is 24.3 Å². The smallest absolute Gasteiger partial charge is 0.0486 e. The summed E-state index contributed by atoms with van der Waals surface area (Å²) in [6.45, 7) is 2.09. The molecule has 0 spiro atoms. The molecule has 0 heterocycles. The Morgan fingerprint density at radius 3 is 2.56 bits per heavy atom. The Bertz CT molecular complexity index is 339. The highest BCUT2D eigenvalue weighted by molar-refractivity contribution is 7.84. The number of nitrogens with two attached hydrogens (primary N) is 1. The number of benzene rings is 1. The molecule has 0 aromatic heterocycles. The lowest BCUT2D eigenvalue weighted by Gasteiger charge is -2.09. The van der Waals surface area contributed by atoms with Crippen molar-refractivity contribution in [2.75, 3.05) is 5.75 Å². The molecule has 2 unspecified atom stereocenters. The van der Waals surface area contributed by atoms with E-state index < -0.39 is 10.8 Å². The van der Waals surface area contributed by atoms with Crippen molar-refractivity contribution in [1.29, 1.82) is 0 Å². The Morgan fingerprint density at radius 1 is 1.38 bits per heavy atom. The predicted molar refractivity (Wildman–Crippen MR) is 71.0 cm³/mol. The second kappa shape index (κ2) is 7.05. The third-order valence-corrected chi connectivity index (χ3v) is 4.01. The number of hydrogen-bond donors (Lipinski definition) is 1. The van der Waals surface area contributed by atoms with Crippen LogP contribution in [0.2, 0.25) is 5.02 Å². The number of hydrogen-bond acceptors (Lipinski definition) is 2. The first-order valence-electron chi connectivity index (χ1n) is 5.46. The molecule has 0 amide bonds. The van der Waals surface area contributed by atoms with E-state index in [9.17, 15) is 4.21 Å². The Hall–Kier alpha value is -0.380. The largest absolute Gasteiger partial charge is 0.327 e. The molecule has 0 aliphatic rings. The van der Waals surface area contributed by atoms with Crippen molar-refractivity contribution in [2.24, 2.45) is 5.73 Å². The van der Waals surface area contributed by atoms with Crippen LogP contribution >= 0.6 is 11.6 Å². The first kappa shape index (κ1) is 13.7. The molecule has 16 heavy (non-hydrogen) atoms. The standard InChI is InChI=1S/C12H18ClNOS/c1-2-3-12(14)9-16(15)8-10-4-6-11(13)7-5-10/h4-7,12H,2-3,8-9,14H2,1H3. The highest BCUT2D eigenvalue weighted by atomic mass is 35.5. The zero-order valence-electron chi connectivity index (χ0n) is 9.49. The van der Waals surface area contributed by atoms with E-state index in [1.807, 2.05) is 24.3 Å². The molecule has 2 atom stereocenters. The van der Waals surface area contributed by atoms with Gasteiger partial charge in [0.2, 0.25) is 0 Å². The summed E-state index contributed by atoms with van der Waals surface area (Å²) < 4.78 is 11.8. The first-order chi connectivity index (χ1) is 7.61. The maximum Gasteiger partial charge on any atom is 0.0486 e. The fraction of sp³-hybridized carbons (Fsp3) is 0.500.